The number of aromatic nitrogens is 2. The van der Waals surface area contributed by atoms with Gasteiger partial charge in [0.1, 0.15) is 11.5 Å². The molecule has 172 valence electrons. The van der Waals surface area contributed by atoms with Gasteiger partial charge in [0, 0.05) is 43.8 Å². The van der Waals surface area contributed by atoms with E-state index in [1.807, 2.05) is 6.92 Å². The zero-order valence-corrected chi connectivity index (χ0v) is 19.1. The van der Waals surface area contributed by atoms with Crippen molar-refractivity contribution >= 4 is 29.7 Å². The van der Waals surface area contributed by atoms with Crippen LogP contribution in [-0.4, -0.2) is 57.5 Å². The average molecular weight is 464 g/mol. The molecule has 1 saturated heterocycles. The summed E-state index contributed by atoms with van der Waals surface area (Å²) >= 11 is 1.27. The minimum atomic E-state index is -1.02. The first-order chi connectivity index (χ1) is 15.2. The number of carbonyl (C=O) groups excluding carboxylic acids is 3. The van der Waals surface area contributed by atoms with Crippen molar-refractivity contribution in [3.63, 3.8) is 0 Å². The summed E-state index contributed by atoms with van der Waals surface area (Å²) in [5.74, 6) is -0.402. The van der Waals surface area contributed by atoms with Gasteiger partial charge in [-0.3, -0.25) is 19.4 Å². The fraction of sp³-hybridized carbons (Fsp3) is 0.476. The molecule has 0 saturated carbocycles. The lowest BCUT2D eigenvalue weighted by molar-refractivity contribution is -0.186. The fourth-order valence-electron chi connectivity index (χ4n) is 3.46. The van der Waals surface area contributed by atoms with Gasteiger partial charge in [-0.25, -0.2) is 0 Å². The highest BCUT2D eigenvalue weighted by Gasteiger charge is 2.47. The third kappa shape index (κ3) is 5.58. The van der Waals surface area contributed by atoms with Gasteiger partial charge in [0.05, 0.1) is 11.9 Å². The SMILES string of the molecule is CC(=O)O[C@H]1[C@H](OC(C)=O)CSC(Oc2cncc(-c3c(C)noc3C)c2)[C@@H]1OC(C)=O. The Morgan fingerprint density at radius 3 is 2.25 bits per heavy atom. The highest BCUT2D eigenvalue weighted by molar-refractivity contribution is 7.99. The number of ether oxygens (including phenoxy) is 4. The van der Waals surface area contributed by atoms with Gasteiger partial charge in [-0.15, -0.1) is 11.8 Å². The summed E-state index contributed by atoms with van der Waals surface area (Å²) in [7, 11) is 0. The Labute approximate surface area is 188 Å². The molecule has 1 aliphatic heterocycles. The van der Waals surface area contributed by atoms with Crippen molar-refractivity contribution in [2.45, 2.75) is 58.4 Å². The number of pyridine rings is 1. The summed E-state index contributed by atoms with van der Waals surface area (Å²) in [6.45, 7) is 7.35. The molecular formula is C21H24N2O8S. The minimum Gasteiger partial charge on any atom is -0.474 e. The molecule has 3 heterocycles. The van der Waals surface area contributed by atoms with Crippen molar-refractivity contribution in [1.29, 1.82) is 0 Å². The van der Waals surface area contributed by atoms with E-state index >= 15 is 0 Å². The lowest BCUT2D eigenvalue weighted by atomic mass is 10.1. The van der Waals surface area contributed by atoms with E-state index in [2.05, 4.69) is 10.1 Å². The maximum absolute atomic E-state index is 11.8. The van der Waals surface area contributed by atoms with Crippen molar-refractivity contribution in [1.82, 2.24) is 10.1 Å². The van der Waals surface area contributed by atoms with Crippen molar-refractivity contribution in [2.24, 2.45) is 0 Å². The Kier molecular flexibility index (Phi) is 7.39. The first kappa shape index (κ1) is 23.6. The summed E-state index contributed by atoms with van der Waals surface area (Å²) in [5, 5.41) is 3.96. The predicted octanol–water partition coefficient (Wildman–Crippen LogP) is 2.60. The molecule has 0 bridgehead atoms. The van der Waals surface area contributed by atoms with E-state index in [0.717, 1.165) is 11.1 Å². The summed E-state index contributed by atoms with van der Waals surface area (Å²) in [6, 6.07) is 1.77. The zero-order chi connectivity index (χ0) is 23.4. The predicted molar refractivity (Wildman–Crippen MR) is 113 cm³/mol. The van der Waals surface area contributed by atoms with Crippen molar-refractivity contribution in [3.8, 4) is 16.9 Å². The van der Waals surface area contributed by atoms with Gasteiger partial charge < -0.3 is 23.5 Å². The third-order valence-corrected chi connectivity index (χ3v) is 5.81. The highest BCUT2D eigenvalue weighted by atomic mass is 32.2. The zero-order valence-electron chi connectivity index (χ0n) is 18.3. The molecular weight excluding hydrogens is 440 g/mol. The van der Waals surface area contributed by atoms with E-state index in [4.69, 9.17) is 23.5 Å². The van der Waals surface area contributed by atoms with E-state index < -0.39 is 41.7 Å². The maximum atomic E-state index is 11.8. The van der Waals surface area contributed by atoms with Crippen LogP contribution in [0, 0.1) is 13.8 Å². The standard InChI is InChI=1S/C21H24N2O8S/c1-10-18(11(2)31-23-10)15-6-16(8-22-7-15)30-21-20(29-14(5)26)19(28-13(4)25)17(9-32-21)27-12(3)24/h6-8,17,19-21H,9H2,1-5H3/t17-,19+,20-,21?/m1/s1. The molecule has 0 spiro atoms. The van der Waals surface area contributed by atoms with Crippen LogP contribution < -0.4 is 4.74 Å². The molecule has 32 heavy (non-hydrogen) atoms. The summed E-state index contributed by atoms with van der Waals surface area (Å²) in [4.78, 5) is 39.2. The molecule has 0 aromatic carbocycles. The van der Waals surface area contributed by atoms with Gasteiger partial charge in [0.25, 0.3) is 0 Å². The number of carbonyl (C=O) groups is 3. The number of aryl methyl sites for hydroxylation is 2. The topological polar surface area (TPSA) is 127 Å². The summed E-state index contributed by atoms with van der Waals surface area (Å²) < 4.78 is 27.4. The molecule has 11 heteroatoms. The molecule has 0 N–H and O–H groups in total. The maximum Gasteiger partial charge on any atom is 0.303 e. The molecule has 0 aliphatic carbocycles. The van der Waals surface area contributed by atoms with Crippen LogP contribution in [0.25, 0.3) is 11.1 Å². The number of hydrogen-bond acceptors (Lipinski definition) is 11. The van der Waals surface area contributed by atoms with E-state index in [0.29, 0.717) is 17.2 Å². The molecule has 10 nitrogen and oxygen atoms in total. The van der Waals surface area contributed by atoms with Gasteiger partial charge in [-0.2, -0.15) is 0 Å². The van der Waals surface area contributed by atoms with Gasteiger partial charge in [0.15, 0.2) is 23.7 Å². The number of esters is 3. The first-order valence-electron chi connectivity index (χ1n) is 9.84. The third-order valence-electron chi connectivity index (χ3n) is 4.59. The van der Waals surface area contributed by atoms with Crippen LogP contribution >= 0.6 is 11.8 Å². The Hall–Kier alpha value is -3.08. The quantitative estimate of drug-likeness (QED) is 0.462. The van der Waals surface area contributed by atoms with Gasteiger partial charge in [-0.1, -0.05) is 5.16 Å². The van der Waals surface area contributed by atoms with Crippen LogP contribution in [-0.2, 0) is 28.6 Å². The van der Waals surface area contributed by atoms with Crippen molar-refractivity contribution in [3.05, 3.63) is 29.9 Å². The molecule has 2 aromatic heterocycles. The number of nitrogens with zero attached hydrogens (tertiary/aromatic N) is 2. The smallest absolute Gasteiger partial charge is 0.303 e. The Balaban J connectivity index is 1.89. The summed E-state index contributed by atoms with van der Waals surface area (Å²) in [5.41, 5.74) is 1.53. The van der Waals surface area contributed by atoms with Crippen LogP contribution in [0.5, 0.6) is 5.75 Å². The van der Waals surface area contributed by atoms with Crippen LogP contribution in [0.4, 0.5) is 0 Å². The van der Waals surface area contributed by atoms with Gasteiger partial charge >= 0.3 is 17.9 Å². The monoisotopic (exact) mass is 464 g/mol. The molecule has 0 radical (unpaired) electrons. The van der Waals surface area contributed by atoms with E-state index in [9.17, 15) is 14.4 Å². The Bertz CT molecular complexity index is 988. The lowest BCUT2D eigenvalue weighted by Crippen LogP contribution is -2.55. The Morgan fingerprint density at radius 2 is 1.66 bits per heavy atom. The minimum absolute atomic E-state index is 0.275. The van der Waals surface area contributed by atoms with Crippen LogP contribution in [0.15, 0.2) is 23.0 Å². The average Bonchev–Trinajstić information content (AvgIpc) is 3.03. The van der Waals surface area contributed by atoms with Crippen LogP contribution in [0.3, 0.4) is 0 Å². The normalized spacial score (nSPS) is 22.7. The van der Waals surface area contributed by atoms with Gasteiger partial charge in [-0.05, 0) is 19.9 Å². The first-order valence-corrected chi connectivity index (χ1v) is 10.9. The second kappa shape index (κ2) is 10.0. The summed E-state index contributed by atoms with van der Waals surface area (Å²) in [6.07, 6.45) is 0.353. The molecule has 4 atom stereocenters. The molecule has 2 aromatic rings. The van der Waals surface area contributed by atoms with E-state index in [-0.39, 0.29) is 5.75 Å². The van der Waals surface area contributed by atoms with Crippen LogP contribution in [0.1, 0.15) is 32.2 Å². The van der Waals surface area contributed by atoms with E-state index in [1.165, 1.54) is 38.7 Å². The molecule has 3 rings (SSSR count). The highest BCUT2D eigenvalue weighted by Crippen LogP contribution is 2.35. The number of thioether (sulfide) groups is 1. The van der Waals surface area contributed by atoms with Crippen LogP contribution in [0.2, 0.25) is 0 Å². The van der Waals surface area contributed by atoms with Crippen molar-refractivity contribution in [2.75, 3.05) is 5.75 Å². The molecule has 1 unspecified atom stereocenters. The molecule has 0 amide bonds. The second-order valence-electron chi connectivity index (χ2n) is 7.22. The second-order valence-corrected chi connectivity index (χ2v) is 8.36. The van der Waals surface area contributed by atoms with Crippen molar-refractivity contribution < 1.29 is 37.9 Å². The van der Waals surface area contributed by atoms with Gasteiger partial charge in [0.2, 0.25) is 0 Å². The van der Waals surface area contributed by atoms with E-state index in [1.54, 1.807) is 19.2 Å². The molecule has 1 fully saturated rings. The largest absolute Gasteiger partial charge is 0.474 e. The fourth-order valence-corrected chi connectivity index (χ4v) is 4.68. The Morgan fingerprint density at radius 1 is 1.00 bits per heavy atom. The number of hydrogen-bond donors (Lipinski definition) is 0. The lowest BCUT2D eigenvalue weighted by Gasteiger charge is -2.39. The molecule has 1 aliphatic rings. The number of rotatable bonds is 6.